The summed E-state index contributed by atoms with van der Waals surface area (Å²) >= 11 is 0. The van der Waals surface area contributed by atoms with E-state index >= 15 is 0 Å². The number of rotatable bonds is 7. The van der Waals surface area contributed by atoms with Gasteiger partial charge in [-0.25, -0.2) is 4.79 Å². The zero-order valence-electron chi connectivity index (χ0n) is 16.2. The van der Waals surface area contributed by atoms with E-state index in [1.54, 1.807) is 6.08 Å². The van der Waals surface area contributed by atoms with E-state index in [9.17, 15) is 4.79 Å². The van der Waals surface area contributed by atoms with Gasteiger partial charge in [0.2, 0.25) is 0 Å². The van der Waals surface area contributed by atoms with Gasteiger partial charge in [0.25, 0.3) is 0 Å². The molecule has 142 valence electrons. The topological polar surface area (TPSA) is 41.9 Å². The summed E-state index contributed by atoms with van der Waals surface area (Å²) in [6, 6.07) is 18.0. The van der Waals surface area contributed by atoms with Gasteiger partial charge in [0, 0.05) is 24.3 Å². The molecule has 1 aliphatic rings. The molecule has 0 saturated heterocycles. The van der Waals surface area contributed by atoms with Gasteiger partial charge >= 0.3 is 5.97 Å². The highest BCUT2D eigenvalue weighted by Crippen LogP contribution is 2.18. The number of carbonyl (C=O) groups excluding carboxylic acids is 1. The molecule has 0 unspecified atom stereocenters. The second-order valence-electron chi connectivity index (χ2n) is 6.27. The summed E-state index contributed by atoms with van der Waals surface area (Å²) in [5, 5.41) is 3.89. The Morgan fingerprint density at radius 2 is 1.64 bits per heavy atom. The number of hydrogen-bond donors (Lipinski definition) is 0. The molecule has 3 rings (SSSR count). The highest BCUT2D eigenvalue weighted by Gasteiger charge is 2.25. The van der Waals surface area contributed by atoms with Gasteiger partial charge in [-0.2, -0.15) is 0 Å². The van der Waals surface area contributed by atoms with Crippen molar-refractivity contribution < 1.29 is 9.63 Å². The minimum atomic E-state index is -0.431. The lowest BCUT2D eigenvalue weighted by Crippen LogP contribution is -2.21. The summed E-state index contributed by atoms with van der Waals surface area (Å²) in [7, 11) is 0. The van der Waals surface area contributed by atoms with E-state index in [0.717, 1.165) is 24.2 Å². The summed E-state index contributed by atoms with van der Waals surface area (Å²) in [4.78, 5) is 19.1. The monoisotopic (exact) mass is 372 g/mol. The van der Waals surface area contributed by atoms with Crippen LogP contribution in [-0.4, -0.2) is 24.8 Å². The Kier molecular flexibility index (Phi) is 6.58. The molecule has 28 heavy (non-hydrogen) atoms. The van der Waals surface area contributed by atoms with Crippen LogP contribution in [0.1, 0.15) is 25.0 Å². The van der Waals surface area contributed by atoms with Crippen LogP contribution in [0.5, 0.6) is 0 Å². The van der Waals surface area contributed by atoms with Gasteiger partial charge in [-0.05, 0) is 37.6 Å². The average Bonchev–Trinajstić information content (AvgIpc) is 3.11. The third-order valence-electron chi connectivity index (χ3n) is 4.54. The van der Waals surface area contributed by atoms with Crippen LogP contribution < -0.4 is 4.90 Å². The van der Waals surface area contributed by atoms with E-state index in [-0.39, 0.29) is 0 Å². The third-order valence-corrected chi connectivity index (χ3v) is 4.54. The minimum Gasteiger partial charge on any atom is -0.372 e. The van der Waals surface area contributed by atoms with Crippen LogP contribution in [0.3, 0.4) is 0 Å². The smallest absolute Gasteiger partial charge is 0.368 e. The van der Waals surface area contributed by atoms with E-state index in [1.807, 2.05) is 54.6 Å². The zero-order chi connectivity index (χ0) is 19.8. The SMILES string of the molecule is CCN(CC)c1ccc(/C=C/C=C/C=C2/C(=O)ON=C2c2ccccc2)cc1. The highest BCUT2D eigenvalue weighted by atomic mass is 16.7. The number of carbonyl (C=O) groups is 1. The molecule has 0 atom stereocenters. The summed E-state index contributed by atoms with van der Waals surface area (Å²) in [6.07, 6.45) is 9.42. The predicted octanol–water partition coefficient (Wildman–Crippen LogP) is 4.99. The molecule has 0 spiro atoms. The number of nitrogens with zero attached hydrogens (tertiary/aromatic N) is 2. The fourth-order valence-electron chi connectivity index (χ4n) is 3.00. The van der Waals surface area contributed by atoms with Crippen LogP contribution in [0, 0.1) is 0 Å². The van der Waals surface area contributed by atoms with E-state index in [0.29, 0.717) is 11.3 Å². The van der Waals surface area contributed by atoms with Crippen molar-refractivity contribution in [2.45, 2.75) is 13.8 Å². The fourth-order valence-corrected chi connectivity index (χ4v) is 3.00. The maximum atomic E-state index is 11.9. The van der Waals surface area contributed by atoms with Crippen molar-refractivity contribution in [1.82, 2.24) is 0 Å². The number of anilines is 1. The summed E-state index contributed by atoms with van der Waals surface area (Å²) in [5.41, 5.74) is 4.23. The van der Waals surface area contributed by atoms with Crippen molar-refractivity contribution in [2.24, 2.45) is 5.16 Å². The molecule has 0 aromatic heterocycles. The van der Waals surface area contributed by atoms with Crippen molar-refractivity contribution in [3.63, 3.8) is 0 Å². The first-order valence-electron chi connectivity index (χ1n) is 9.48. The number of allylic oxidation sites excluding steroid dienone is 4. The number of benzene rings is 2. The highest BCUT2D eigenvalue weighted by molar-refractivity contribution is 6.28. The molecule has 0 N–H and O–H groups in total. The average molecular weight is 372 g/mol. The Morgan fingerprint density at radius 3 is 2.32 bits per heavy atom. The first-order valence-corrected chi connectivity index (χ1v) is 9.48. The molecule has 0 bridgehead atoms. The quantitative estimate of drug-likeness (QED) is 0.391. The minimum absolute atomic E-state index is 0.431. The fraction of sp³-hybridized carbons (Fsp3) is 0.167. The van der Waals surface area contributed by atoms with Crippen LogP contribution in [-0.2, 0) is 9.63 Å². The maximum absolute atomic E-state index is 11.9. The largest absolute Gasteiger partial charge is 0.372 e. The van der Waals surface area contributed by atoms with Gasteiger partial charge in [0.15, 0.2) is 0 Å². The van der Waals surface area contributed by atoms with Gasteiger partial charge in [0.1, 0.15) is 5.71 Å². The van der Waals surface area contributed by atoms with Crippen LogP contribution in [0.15, 0.2) is 89.6 Å². The number of hydrogen-bond acceptors (Lipinski definition) is 4. The molecular weight excluding hydrogens is 348 g/mol. The van der Waals surface area contributed by atoms with Gasteiger partial charge in [-0.3, -0.25) is 0 Å². The molecule has 0 amide bonds. The van der Waals surface area contributed by atoms with Crippen LogP contribution >= 0.6 is 0 Å². The summed E-state index contributed by atoms with van der Waals surface area (Å²) < 4.78 is 0. The molecule has 0 aliphatic carbocycles. The second kappa shape index (κ2) is 9.51. The van der Waals surface area contributed by atoms with E-state index < -0.39 is 5.97 Å². The molecule has 1 heterocycles. The van der Waals surface area contributed by atoms with Crippen molar-refractivity contribution in [3.8, 4) is 0 Å². The maximum Gasteiger partial charge on any atom is 0.368 e. The normalized spacial score (nSPS) is 15.4. The lowest BCUT2D eigenvalue weighted by molar-refractivity contribution is -0.136. The zero-order valence-corrected chi connectivity index (χ0v) is 16.2. The Morgan fingerprint density at radius 1 is 0.929 bits per heavy atom. The first-order chi connectivity index (χ1) is 13.7. The predicted molar refractivity (Wildman–Crippen MR) is 115 cm³/mol. The lowest BCUT2D eigenvalue weighted by Gasteiger charge is -2.20. The van der Waals surface area contributed by atoms with Gasteiger partial charge in [-0.1, -0.05) is 71.9 Å². The molecule has 0 fully saturated rings. The van der Waals surface area contributed by atoms with E-state index in [1.165, 1.54) is 5.69 Å². The Balaban J connectivity index is 1.65. The van der Waals surface area contributed by atoms with Gasteiger partial charge in [-0.15, -0.1) is 0 Å². The van der Waals surface area contributed by atoms with Crippen molar-refractivity contribution in [1.29, 1.82) is 0 Å². The second-order valence-corrected chi connectivity index (χ2v) is 6.27. The molecule has 1 aliphatic heterocycles. The molecule has 2 aromatic rings. The van der Waals surface area contributed by atoms with Crippen molar-refractivity contribution in [3.05, 3.63) is 95.6 Å². The third kappa shape index (κ3) is 4.65. The lowest BCUT2D eigenvalue weighted by atomic mass is 10.0. The van der Waals surface area contributed by atoms with Crippen LogP contribution in [0.2, 0.25) is 0 Å². The molecule has 0 radical (unpaired) electrons. The molecule has 4 nitrogen and oxygen atoms in total. The van der Waals surface area contributed by atoms with Crippen molar-refractivity contribution in [2.75, 3.05) is 18.0 Å². The number of oxime groups is 1. The van der Waals surface area contributed by atoms with Crippen LogP contribution in [0.4, 0.5) is 5.69 Å². The van der Waals surface area contributed by atoms with Gasteiger partial charge < -0.3 is 9.74 Å². The molecule has 2 aromatic carbocycles. The van der Waals surface area contributed by atoms with E-state index in [2.05, 4.69) is 48.2 Å². The molecule has 4 heteroatoms. The first kappa shape index (κ1) is 19.4. The van der Waals surface area contributed by atoms with Crippen molar-refractivity contribution >= 4 is 23.4 Å². The summed E-state index contributed by atoms with van der Waals surface area (Å²) in [6.45, 7) is 6.31. The molecular formula is C24H24N2O2. The van der Waals surface area contributed by atoms with E-state index in [4.69, 9.17) is 4.84 Å². The summed E-state index contributed by atoms with van der Waals surface area (Å²) in [5.74, 6) is -0.431. The Bertz CT molecular complexity index is 919. The molecule has 0 saturated carbocycles. The Hall–Kier alpha value is -3.40. The standard InChI is InChI=1S/C24H24N2O2/c1-3-26(4-2)21-17-15-19(16-18-21)11-7-5-10-14-22-23(25-28-24(22)27)20-12-8-6-9-13-20/h5-18H,3-4H2,1-2H3/b10-5+,11-7+,22-14+. The van der Waals surface area contributed by atoms with Gasteiger partial charge in [0.05, 0.1) is 5.57 Å². The Labute approximate surface area is 166 Å². The van der Waals surface area contributed by atoms with Crippen LogP contribution in [0.25, 0.3) is 6.08 Å².